The topological polar surface area (TPSA) is 76.0 Å². The molecule has 2 aliphatic rings. The van der Waals surface area contributed by atoms with E-state index < -0.39 is 9.84 Å². The first kappa shape index (κ1) is 23.1. The molecule has 4 rings (SSSR count). The third-order valence-electron chi connectivity index (χ3n) is 5.43. The normalized spacial score (nSPS) is 22.8. The van der Waals surface area contributed by atoms with E-state index in [1.54, 1.807) is 18.2 Å². The summed E-state index contributed by atoms with van der Waals surface area (Å²) in [5.41, 5.74) is 1.67. The quantitative estimate of drug-likeness (QED) is 0.549. The van der Waals surface area contributed by atoms with Crippen LogP contribution in [-0.4, -0.2) is 42.3 Å². The van der Waals surface area contributed by atoms with Gasteiger partial charge in [-0.3, -0.25) is 4.79 Å². The van der Waals surface area contributed by atoms with Crippen LogP contribution in [0.4, 0.5) is 5.69 Å². The molecular weight excluding hydrogens is 468 g/mol. The zero-order valence-corrected chi connectivity index (χ0v) is 20.3. The minimum absolute atomic E-state index is 0.00321. The molecule has 6 nitrogen and oxygen atoms in total. The van der Waals surface area contributed by atoms with Crippen molar-refractivity contribution in [1.29, 1.82) is 0 Å². The summed E-state index contributed by atoms with van der Waals surface area (Å²) < 4.78 is 30.9. The van der Waals surface area contributed by atoms with Gasteiger partial charge in [0.2, 0.25) is 5.91 Å². The number of ether oxygens (including phenoxy) is 1. The molecule has 9 heteroatoms. The first-order valence-electron chi connectivity index (χ1n) is 10.6. The molecule has 0 aliphatic carbocycles. The summed E-state index contributed by atoms with van der Waals surface area (Å²) in [4.78, 5) is 18.7. The summed E-state index contributed by atoms with van der Waals surface area (Å²) in [6.07, 6.45) is 2.03. The van der Waals surface area contributed by atoms with Gasteiger partial charge in [0.25, 0.3) is 0 Å². The van der Waals surface area contributed by atoms with E-state index in [1.165, 1.54) is 11.8 Å². The lowest BCUT2D eigenvalue weighted by Crippen LogP contribution is -2.38. The van der Waals surface area contributed by atoms with Crippen molar-refractivity contribution in [2.24, 2.45) is 4.99 Å². The van der Waals surface area contributed by atoms with Crippen LogP contribution >= 0.6 is 23.4 Å². The molecule has 0 bridgehead atoms. The fourth-order valence-electron chi connectivity index (χ4n) is 3.91. The Morgan fingerprint density at radius 3 is 2.81 bits per heavy atom. The molecule has 1 amide bonds. The average molecular weight is 493 g/mol. The predicted molar refractivity (Wildman–Crippen MR) is 131 cm³/mol. The Morgan fingerprint density at radius 2 is 2.06 bits per heavy atom. The number of amidine groups is 1. The summed E-state index contributed by atoms with van der Waals surface area (Å²) in [5.74, 6) is 1.05. The number of fused-ring (bicyclic) bond motifs is 1. The summed E-state index contributed by atoms with van der Waals surface area (Å²) in [7, 11) is -3.18. The number of aliphatic imine (C=N–C) groups is 1. The minimum Gasteiger partial charge on any atom is -0.455 e. The number of rotatable bonds is 6. The van der Waals surface area contributed by atoms with Crippen LogP contribution in [0.5, 0.6) is 11.5 Å². The Balaban J connectivity index is 1.76. The third kappa shape index (κ3) is 5.13. The van der Waals surface area contributed by atoms with E-state index in [0.717, 1.165) is 18.4 Å². The Labute approximate surface area is 197 Å². The highest BCUT2D eigenvalue weighted by Gasteiger charge is 2.50. The van der Waals surface area contributed by atoms with Crippen molar-refractivity contribution in [2.45, 2.75) is 44.4 Å². The highest BCUT2D eigenvalue weighted by Crippen LogP contribution is 2.45. The van der Waals surface area contributed by atoms with Gasteiger partial charge in [0.15, 0.2) is 20.8 Å². The van der Waals surface area contributed by atoms with Crippen LogP contribution in [0.25, 0.3) is 0 Å². The second-order valence-electron chi connectivity index (χ2n) is 8.09. The van der Waals surface area contributed by atoms with Crippen LogP contribution in [-0.2, 0) is 14.6 Å². The summed E-state index contributed by atoms with van der Waals surface area (Å²) >= 11 is 7.68. The molecule has 0 N–H and O–H groups in total. The van der Waals surface area contributed by atoms with Crippen LogP contribution in [0.15, 0.2) is 47.5 Å². The molecule has 0 aromatic heterocycles. The molecule has 2 aromatic carbocycles. The van der Waals surface area contributed by atoms with Gasteiger partial charge in [0.05, 0.1) is 23.2 Å². The van der Waals surface area contributed by atoms with Gasteiger partial charge in [0, 0.05) is 16.7 Å². The van der Waals surface area contributed by atoms with Gasteiger partial charge in [0.1, 0.15) is 5.75 Å². The summed E-state index contributed by atoms with van der Waals surface area (Å²) in [6.45, 7) is 4.00. The molecular formula is C23H25ClN2O4S2. The van der Waals surface area contributed by atoms with Crippen molar-refractivity contribution >= 4 is 50.0 Å². The Bertz CT molecular complexity index is 1170. The number of sulfone groups is 1. The monoisotopic (exact) mass is 492 g/mol. The molecule has 32 heavy (non-hydrogen) atoms. The lowest BCUT2D eigenvalue weighted by atomic mass is 10.2. The second kappa shape index (κ2) is 9.45. The van der Waals surface area contributed by atoms with Crippen LogP contribution in [0, 0.1) is 6.92 Å². The van der Waals surface area contributed by atoms with Gasteiger partial charge < -0.3 is 9.64 Å². The van der Waals surface area contributed by atoms with E-state index in [4.69, 9.17) is 16.3 Å². The Kier molecular flexibility index (Phi) is 6.83. The first-order chi connectivity index (χ1) is 15.3. The largest absolute Gasteiger partial charge is 0.455 e. The molecule has 2 heterocycles. The number of thioether (sulfide) groups is 1. The van der Waals surface area contributed by atoms with Gasteiger partial charge in [-0.1, -0.05) is 48.8 Å². The highest BCUT2D eigenvalue weighted by atomic mass is 35.5. The zero-order valence-electron chi connectivity index (χ0n) is 18.0. The number of aryl methyl sites for hydroxylation is 1. The number of halogens is 1. The number of amides is 1. The predicted octanol–water partition coefficient (Wildman–Crippen LogP) is 5.23. The third-order valence-corrected chi connectivity index (χ3v) is 8.87. The molecule has 2 atom stereocenters. The van der Waals surface area contributed by atoms with Gasteiger partial charge >= 0.3 is 0 Å². The van der Waals surface area contributed by atoms with E-state index in [-0.39, 0.29) is 28.7 Å². The molecule has 0 radical (unpaired) electrons. The Hall–Kier alpha value is -2.03. The van der Waals surface area contributed by atoms with E-state index in [1.807, 2.05) is 43.0 Å². The summed E-state index contributed by atoms with van der Waals surface area (Å²) in [6, 6.07) is 12.6. The van der Waals surface area contributed by atoms with Crippen molar-refractivity contribution in [3.05, 3.63) is 53.1 Å². The smallest absolute Gasteiger partial charge is 0.248 e. The maximum atomic E-state index is 12.5. The van der Waals surface area contributed by atoms with Gasteiger partial charge in [-0.25, -0.2) is 8.42 Å². The average Bonchev–Trinajstić information content (AvgIpc) is 3.18. The first-order valence-corrected chi connectivity index (χ1v) is 13.7. The molecule has 2 saturated heterocycles. The van der Waals surface area contributed by atoms with Gasteiger partial charge in [-0.2, -0.15) is 4.99 Å². The maximum absolute atomic E-state index is 12.5. The number of unbranched alkanes of at least 4 members (excludes halogenated alkanes) is 1. The van der Waals surface area contributed by atoms with Crippen LogP contribution in [0.3, 0.4) is 0 Å². The van der Waals surface area contributed by atoms with Crippen molar-refractivity contribution < 1.29 is 17.9 Å². The second-order valence-corrected chi connectivity index (χ2v) is 11.9. The van der Waals surface area contributed by atoms with Crippen molar-refractivity contribution in [3.63, 3.8) is 0 Å². The number of anilines is 1. The van der Waals surface area contributed by atoms with Crippen molar-refractivity contribution in [1.82, 2.24) is 0 Å². The maximum Gasteiger partial charge on any atom is 0.248 e. The molecule has 170 valence electrons. The minimum atomic E-state index is -3.18. The molecule has 0 spiro atoms. The lowest BCUT2D eigenvalue weighted by Gasteiger charge is -2.27. The molecule has 2 aliphatic heterocycles. The van der Waals surface area contributed by atoms with Gasteiger partial charge in [-0.05, 0) is 49.2 Å². The van der Waals surface area contributed by atoms with Crippen LogP contribution in [0.2, 0.25) is 5.02 Å². The number of carbonyl (C=O) groups excluding carboxylic acids is 1. The lowest BCUT2D eigenvalue weighted by molar-refractivity contribution is -0.117. The standard InChI is InChI=1S/C23H25ClN2O4S2/c1-3-4-8-22(27)25-23-26(19-13-32(28,29)14-21(19)31-23)18-12-16(24)9-10-20(18)30-17-7-5-6-15(2)11-17/h5-7,9-12,19,21H,3-4,8,13-14H2,1-2H3/t19-,21+/m0/s1. The van der Waals surface area contributed by atoms with E-state index in [2.05, 4.69) is 4.99 Å². The molecule has 0 saturated carbocycles. The highest BCUT2D eigenvalue weighted by molar-refractivity contribution is 8.16. The number of carbonyl (C=O) groups is 1. The zero-order chi connectivity index (χ0) is 22.9. The number of hydrogen-bond donors (Lipinski definition) is 0. The van der Waals surface area contributed by atoms with E-state index >= 15 is 0 Å². The van der Waals surface area contributed by atoms with Crippen molar-refractivity contribution in [3.8, 4) is 11.5 Å². The summed E-state index contributed by atoms with van der Waals surface area (Å²) in [5, 5.41) is 0.804. The SMILES string of the molecule is CCCCC(=O)N=C1S[C@@H]2CS(=O)(=O)C[C@@H]2N1c1cc(Cl)ccc1Oc1cccc(C)c1. The molecule has 2 fully saturated rings. The number of nitrogens with zero attached hydrogens (tertiary/aromatic N) is 2. The van der Waals surface area contributed by atoms with Crippen LogP contribution in [0.1, 0.15) is 31.7 Å². The van der Waals surface area contributed by atoms with Crippen LogP contribution < -0.4 is 9.64 Å². The number of hydrogen-bond acceptors (Lipinski definition) is 5. The van der Waals surface area contributed by atoms with Gasteiger partial charge in [-0.15, -0.1) is 0 Å². The fourth-order valence-corrected chi connectivity index (χ4v) is 8.00. The molecule has 0 unspecified atom stereocenters. The van der Waals surface area contributed by atoms with E-state index in [0.29, 0.717) is 33.8 Å². The molecule has 2 aromatic rings. The van der Waals surface area contributed by atoms with E-state index in [9.17, 15) is 13.2 Å². The number of benzene rings is 2. The fraction of sp³-hybridized carbons (Fsp3) is 0.391. The Morgan fingerprint density at radius 1 is 1.25 bits per heavy atom. The van der Waals surface area contributed by atoms with Crippen molar-refractivity contribution in [2.75, 3.05) is 16.4 Å².